The minimum atomic E-state index is -3.26. The third-order valence-corrected chi connectivity index (χ3v) is 5.73. The number of nitrogens with zero attached hydrogens (tertiary/aromatic N) is 2. The molecule has 0 unspecified atom stereocenters. The van der Waals surface area contributed by atoms with Gasteiger partial charge >= 0.3 is 0 Å². The van der Waals surface area contributed by atoms with Crippen molar-refractivity contribution < 1.29 is 12.9 Å². The van der Waals surface area contributed by atoms with Gasteiger partial charge in [-0.25, -0.2) is 18.1 Å². The predicted molar refractivity (Wildman–Crippen MR) is 103 cm³/mol. The molecule has 1 fully saturated rings. The number of hydrogen-bond donors (Lipinski definition) is 3. The molecule has 0 bridgehead atoms. The number of rotatable bonds is 10. The van der Waals surface area contributed by atoms with Crippen LogP contribution in [0.1, 0.15) is 57.4 Å². The first-order valence-corrected chi connectivity index (χ1v) is 11.0. The van der Waals surface area contributed by atoms with Crippen LogP contribution >= 0.6 is 0 Å². The second kappa shape index (κ2) is 9.91. The highest BCUT2D eigenvalue weighted by Crippen LogP contribution is 2.25. The van der Waals surface area contributed by atoms with Crippen LogP contribution in [0.2, 0.25) is 0 Å². The van der Waals surface area contributed by atoms with E-state index in [2.05, 4.69) is 39.4 Å². The van der Waals surface area contributed by atoms with Crippen molar-refractivity contribution in [2.45, 2.75) is 52.5 Å². The quantitative estimate of drug-likeness (QED) is 0.417. The Bertz CT molecular complexity index is 680. The Morgan fingerprint density at radius 2 is 2.15 bits per heavy atom. The summed E-state index contributed by atoms with van der Waals surface area (Å²) >= 11 is 0. The first-order valence-electron chi connectivity index (χ1n) is 9.34. The Hall–Kier alpha value is -1.61. The van der Waals surface area contributed by atoms with Crippen molar-refractivity contribution in [2.75, 3.05) is 25.4 Å². The van der Waals surface area contributed by atoms with Crippen LogP contribution in [0, 0.1) is 5.92 Å². The average molecular weight is 386 g/mol. The smallest absolute Gasteiger partial charge is 0.213 e. The maximum Gasteiger partial charge on any atom is 0.213 e. The molecule has 26 heavy (non-hydrogen) atoms. The molecule has 1 aliphatic rings. The highest BCUT2D eigenvalue weighted by Gasteiger charge is 2.20. The van der Waals surface area contributed by atoms with Crippen LogP contribution < -0.4 is 15.4 Å². The van der Waals surface area contributed by atoms with E-state index < -0.39 is 10.0 Å². The minimum Gasteiger partial charge on any atom is -0.359 e. The van der Waals surface area contributed by atoms with E-state index in [1.165, 1.54) is 6.42 Å². The fourth-order valence-electron chi connectivity index (χ4n) is 2.49. The lowest BCUT2D eigenvalue weighted by Crippen LogP contribution is -2.42. The zero-order valence-electron chi connectivity index (χ0n) is 15.9. The standard InChI is InChI=1S/C17H31N5O3S/c1-4-18-17(20-12-15-10-16(13(2)3)22-25-15)19-8-9-26(23,24)21-11-14-6-5-7-14/h10,13-14,21H,4-9,11-12H2,1-3H3,(H2,18,19,20). The Morgan fingerprint density at radius 1 is 1.38 bits per heavy atom. The van der Waals surface area contributed by atoms with E-state index in [1.54, 1.807) is 0 Å². The third-order valence-electron chi connectivity index (χ3n) is 4.39. The molecule has 0 aromatic carbocycles. The van der Waals surface area contributed by atoms with Crippen LogP contribution in [0.15, 0.2) is 15.6 Å². The molecule has 3 N–H and O–H groups in total. The van der Waals surface area contributed by atoms with Gasteiger partial charge in [-0.2, -0.15) is 0 Å². The Labute approximate surface area is 156 Å². The second-order valence-electron chi connectivity index (χ2n) is 6.96. The molecule has 0 saturated heterocycles. The third kappa shape index (κ3) is 6.95. The second-order valence-corrected chi connectivity index (χ2v) is 8.89. The summed E-state index contributed by atoms with van der Waals surface area (Å²) in [6.07, 6.45) is 3.45. The molecule has 148 valence electrons. The molecule has 8 nitrogen and oxygen atoms in total. The number of guanidine groups is 1. The molecule has 9 heteroatoms. The van der Waals surface area contributed by atoms with E-state index >= 15 is 0 Å². The number of aromatic nitrogens is 1. The van der Waals surface area contributed by atoms with Crippen molar-refractivity contribution in [1.82, 2.24) is 20.5 Å². The lowest BCUT2D eigenvalue weighted by molar-refractivity contribution is 0.316. The Kier molecular flexibility index (Phi) is 7.89. The summed E-state index contributed by atoms with van der Waals surface area (Å²) in [5, 5.41) is 10.2. The van der Waals surface area contributed by atoms with Crippen molar-refractivity contribution in [1.29, 1.82) is 0 Å². The molecule has 1 saturated carbocycles. The fraction of sp³-hybridized carbons (Fsp3) is 0.765. The van der Waals surface area contributed by atoms with Gasteiger partial charge in [0.2, 0.25) is 10.0 Å². The summed E-state index contributed by atoms with van der Waals surface area (Å²) in [4.78, 5) is 4.42. The molecule has 1 aromatic heterocycles. The van der Waals surface area contributed by atoms with Crippen LogP contribution in [0.4, 0.5) is 0 Å². The van der Waals surface area contributed by atoms with Crippen molar-refractivity contribution in [3.05, 3.63) is 17.5 Å². The molecule has 1 aliphatic carbocycles. The van der Waals surface area contributed by atoms with Gasteiger partial charge in [-0.05, 0) is 31.6 Å². The Balaban J connectivity index is 1.78. The van der Waals surface area contributed by atoms with E-state index in [9.17, 15) is 8.42 Å². The summed E-state index contributed by atoms with van der Waals surface area (Å²) in [6, 6.07) is 1.90. The fourth-order valence-corrected chi connectivity index (χ4v) is 3.50. The molecule has 1 aromatic rings. The van der Waals surface area contributed by atoms with Gasteiger partial charge in [0.25, 0.3) is 0 Å². The lowest BCUT2D eigenvalue weighted by Gasteiger charge is -2.25. The van der Waals surface area contributed by atoms with Gasteiger partial charge in [0.1, 0.15) is 6.54 Å². The summed E-state index contributed by atoms with van der Waals surface area (Å²) in [6.45, 7) is 7.94. The molecule has 0 atom stereocenters. The monoisotopic (exact) mass is 385 g/mol. The Morgan fingerprint density at radius 3 is 2.73 bits per heavy atom. The van der Waals surface area contributed by atoms with Crippen molar-refractivity contribution >= 4 is 16.0 Å². The molecule has 0 radical (unpaired) electrons. The maximum absolute atomic E-state index is 12.0. The zero-order chi connectivity index (χ0) is 19.0. The van der Waals surface area contributed by atoms with Crippen LogP contribution in [-0.4, -0.2) is 44.9 Å². The normalized spacial score (nSPS) is 15.9. The maximum atomic E-state index is 12.0. The molecular formula is C17H31N5O3S. The van der Waals surface area contributed by atoms with E-state index in [0.717, 1.165) is 18.5 Å². The van der Waals surface area contributed by atoms with Gasteiger partial charge in [0.05, 0.1) is 11.4 Å². The van der Waals surface area contributed by atoms with E-state index in [0.29, 0.717) is 49.7 Å². The van der Waals surface area contributed by atoms with Crippen molar-refractivity contribution in [2.24, 2.45) is 10.9 Å². The number of nitrogens with one attached hydrogen (secondary N) is 3. The summed E-state index contributed by atoms with van der Waals surface area (Å²) in [7, 11) is -3.26. The van der Waals surface area contributed by atoms with Crippen molar-refractivity contribution in [3.8, 4) is 0 Å². The molecule has 0 spiro atoms. The SMILES string of the molecule is CCNC(=NCc1cc(C(C)C)no1)NCCS(=O)(=O)NCC1CCC1. The molecule has 2 rings (SSSR count). The van der Waals surface area contributed by atoms with E-state index in [4.69, 9.17) is 4.52 Å². The minimum absolute atomic E-state index is 0.0178. The zero-order valence-corrected chi connectivity index (χ0v) is 16.7. The first kappa shape index (κ1) is 20.7. The summed E-state index contributed by atoms with van der Waals surface area (Å²) < 4.78 is 32.0. The van der Waals surface area contributed by atoms with Gasteiger partial charge in [0.15, 0.2) is 11.7 Å². The molecule has 1 heterocycles. The van der Waals surface area contributed by atoms with Gasteiger partial charge in [-0.3, -0.25) is 0 Å². The van der Waals surface area contributed by atoms with Crippen LogP contribution in [-0.2, 0) is 16.6 Å². The van der Waals surface area contributed by atoms with Gasteiger partial charge in [-0.1, -0.05) is 25.4 Å². The largest absolute Gasteiger partial charge is 0.359 e. The van der Waals surface area contributed by atoms with E-state index in [1.807, 2.05) is 13.0 Å². The van der Waals surface area contributed by atoms with Crippen LogP contribution in [0.25, 0.3) is 0 Å². The lowest BCUT2D eigenvalue weighted by atomic mass is 9.86. The average Bonchev–Trinajstić information content (AvgIpc) is 3.00. The topological polar surface area (TPSA) is 109 Å². The summed E-state index contributed by atoms with van der Waals surface area (Å²) in [5.41, 5.74) is 0.900. The molecule has 0 aliphatic heterocycles. The molecule has 0 amide bonds. The van der Waals surface area contributed by atoms with Gasteiger partial charge in [-0.15, -0.1) is 0 Å². The number of aliphatic imine (C=N–C) groups is 1. The predicted octanol–water partition coefficient (Wildman–Crippen LogP) is 1.57. The summed E-state index contributed by atoms with van der Waals surface area (Å²) in [5.74, 6) is 2.07. The highest BCUT2D eigenvalue weighted by molar-refractivity contribution is 7.89. The highest BCUT2D eigenvalue weighted by atomic mass is 32.2. The van der Waals surface area contributed by atoms with Crippen LogP contribution in [0.3, 0.4) is 0 Å². The van der Waals surface area contributed by atoms with Gasteiger partial charge in [0, 0.05) is 25.7 Å². The number of sulfonamides is 1. The molecular weight excluding hydrogens is 354 g/mol. The van der Waals surface area contributed by atoms with Gasteiger partial charge < -0.3 is 15.2 Å². The van der Waals surface area contributed by atoms with E-state index in [-0.39, 0.29) is 5.75 Å². The number of hydrogen-bond acceptors (Lipinski definition) is 5. The van der Waals surface area contributed by atoms with Crippen LogP contribution in [0.5, 0.6) is 0 Å². The first-order chi connectivity index (χ1) is 12.4. The van der Waals surface area contributed by atoms with Crippen molar-refractivity contribution in [3.63, 3.8) is 0 Å².